The van der Waals surface area contributed by atoms with Crippen molar-refractivity contribution in [1.29, 1.82) is 0 Å². The lowest BCUT2D eigenvalue weighted by molar-refractivity contribution is 0.145. The molecule has 1 rings (SSSR count). The predicted molar refractivity (Wildman–Crippen MR) is 77.5 cm³/mol. The number of benzene rings is 1. The summed E-state index contributed by atoms with van der Waals surface area (Å²) in [6.07, 6.45) is 0.812. The number of urea groups is 1. The van der Waals surface area contributed by atoms with Crippen LogP contribution in [0.1, 0.15) is 31.9 Å². The Hall–Kier alpha value is -1.26. The van der Waals surface area contributed by atoms with Crippen LogP contribution in [-0.4, -0.2) is 25.8 Å². The Morgan fingerprint density at radius 2 is 2.26 bits per heavy atom. The van der Waals surface area contributed by atoms with Crippen molar-refractivity contribution in [2.75, 3.05) is 19.8 Å². The molecular weight excluding hydrogens is 264 g/mol. The summed E-state index contributed by atoms with van der Waals surface area (Å²) in [6.45, 7) is 5.85. The van der Waals surface area contributed by atoms with Crippen LogP contribution in [0.15, 0.2) is 24.3 Å². The topological polar surface area (TPSA) is 50.4 Å². The monoisotopic (exact) mass is 284 g/mol. The van der Waals surface area contributed by atoms with Gasteiger partial charge in [0, 0.05) is 24.8 Å². The number of ether oxygens (including phenoxy) is 1. The lowest BCUT2D eigenvalue weighted by atomic mass is 10.1. The van der Waals surface area contributed by atoms with Crippen molar-refractivity contribution in [2.24, 2.45) is 0 Å². The quantitative estimate of drug-likeness (QED) is 0.756. The van der Waals surface area contributed by atoms with E-state index in [2.05, 4.69) is 10.6 Å². The summed E-state index contributed by atoms with van der Waals surface area (Å²) in [4.78, 5) is 11.6. The first kappa shape index (κ1) is 15.8. The van der Waals surface area contributed by atoms with Crippen molar-refractivity contribution in [3.63, 3.8) is 0 Å². The second-order valence-corrected chi connectivity index (χ2v) is 4.66. The molecule has 0 radical (unpaired) electrons. The van der Waals surface area contributed by atoms with Gasteiger partial charge in [0.05, 0.1) is 6.04 Å². The van der Waals surface area contributed by atoms with Crippen LogP contribution in [0.25, 0.3) is 0 Å². The molecule has 0 saturated heterocycles. The SMILES string of the molecule is CCOCCCNC(=O)NC(C)c1cccc(Cl)c1. The van der Waals surface area contributed by atoms with E-state index in [4.69, 9.17) is 16.3 Å². The van der Waals surface area contributed by atoms with E-state index in [0.29, 0.717) is 24.8 Å². The second-order valence-electron chi connectivity index (χ2n) is 4.23. The van der Waals surface area contributed by atoms with Crippen LogP contribution in [0, 0.1) is 0 Å². The van der Waals surface area contributed by atoms with Gasteiger partial charge in [0.2, 0.25) is 0 Å². The summed E-state index contributed by atoms with van der Waals surface area (Å²) in [6, 6.07) is 7.21. The highest BCUT2D eigenvalue weighted by molar-refractivity contribution is 6.30. The Morgan fingerprint density at radius 1 is 1.47 bits per heavy atom. The molecule has 0 fully saturated rings. The van der Waals surface area contributed by atoms with Crippen LogP contribution in [0.3, 0.4) is 0 Å². The molecule has 4 nitrogen and oxygen atoms in total. The van der Waals surface area contributed by atoms with Gasteiger partial charge in [-0.1, -0.05) is 23.7 Å². The number of halogens is 1. The zero-order chi connectivity index (χ0) is 14.1. The third kappa shape index (κ3) is 6.45. The van der Waals surface area contributed by atoms with Crippen molar-refractivity contribution >= 4 is 17.6 Å². The van der Waals surface area contributed by atoms with E-state index in [1.807, 2.05) is 38.1 Å². The Bertz CT molecular complexity index is 399. The summed E-state index contributed by atoms with van der Waals surface area (Å²) >= 11 is 5.92. The average molecular weight is 285 g/mol. The van der Waals surface area contributed by atoms with Crippen molar-refractivity contribution in [3.8, 4) is 0 Å². The van der Waals surface area contributed by atoms with E-state index < -0.39 is 0 Å². The maximum Gasteiger partial charge on any atom is 0.315 e. The lowest BCUT2D eigenvalue weighted by Gasteiger charge is -2.15. The van der Waals surface area contributed by atoms with E-state index in [-0.39, 0.29) is 12.1 Å². The number of hydrogen-bond acceptors (Lipinski definition) is 2. The first-order valence-corrected chi connectivity index (χ1v) is 6.89. The van der Waals surface area contributed by atoms with E-state index >= 15 is 0 Å². The smallest absolute Gasteiger partial charge is 0.315 e. The van der Waals surface area contributed by atoms with E-state index in [0.717, 1.165) is 12.0 Å². The molecule has 0 heterocycles. The molecular formula is C14H21ClN2O2. The molecule has 1 aromatic rings. The molecule has 0 aliphatic rings. The zero-order valence-corrected chi connectivity index (χ0v) is 12.2. The Morgan fingerprint density at radius 3 is 2.95 bits per heavy atom. The molecule has 2 N–H and O–H groups in total. The van der Waals surface area contributed by atoms with Crippen molar-refractivity contribution in [2.45, 2.75) is 26.3 Å². The minimum absolute atomic E-state index is 0.0782. The Labute approximate surface area is 119 Å². The molecule has 1 aromatic carbocycles. The highest BCUT2D eigenvalue weighted by Gasteiger charge is 2.08. The highest BCUT2D eigenvalue weighted by atomic mass is 35.5. The van der Waals surface area contributed by atoms with Crippen LogP contribution >= 0.6 is 11.6 Å². The first-order valence-electron chi connectivity index (χ1n) is 6.51. The van der Waals surface area contributed by atoms with Gasteiger partial charge in [-0.05, 0) is 38.0 Å². The van der Waals surface area contributed by atoms with Gasteiger partial charge in [0.1, 0.15) is 0 Å². The lowest BCUT2D eigenvalue weighted by Crippen LogP contribution is -2.37. The summed E-state index contributed by atoms with van der Waals surface area (Å²) < 4.78 is 5.19. The maximum atomic E-state index is 11.6. The molecule has 2 amide bonds. The molecule has 1 atom stereocenters. The minimum atomic E-state index is -0.177. The third-order valence-corrected chi connectivity index (χ3v) is 2.89. The fourth-order valence-electron chi connectivity index (χ4n) is 1.63. The number of carbonyl (C=O) groups is 1. The summed E-state index contributed by atoms with van der Waals surface area (Å²) in [5, 5.41) is 6.33. The summed E-state index contributed by atoms with van der Waals surface area (Å²) in [5.41, 5.74) is 0.983. The molecule has 0 spiro atoms. The normalized spacial score (nSPS) is 11.9. The van der Waals surface area contributed by atoms with Crippen molar-refractivity contribution in [1.82, 2.24) is 10.6 Å². The van der Waals surface area contributed by atoms with Crippen LogP contribution in [-0.2, 0) is 4.74 Å². The fraction of sp³-hybridized carbons (Fsp3) is 0.500. The van der Waals surface area contributed by atoms with Crippen molar-refractivity contribution < 1.29 is 9.53 Å². The van der Waals surface area contributed by atoms with Crippen molar-refractivity contribution in [3.05, 3.63) is 34.9 Å². The molecule has 106 valence electrons. The largest absolute Gasteiger partial charge is 0.382 e. The van der Waals surface area contributed by atoms with Crippen LogP contribution in [0.2, 0.25) is 5.02 Å². The minimum Gasteiger partial charge on any atom is -0.382 e. The summed E-state index contributed by atoms with van der Waals surface area (Å²) in [5.74, 6) is 0. The number of nitrogens with one attached hydrogen (secondary N) is 2. The molecule has 0 saturated carbocycles. The van der Waals surface area contributed by atoms with E-state index in [1.165, 1.54) is 0 Å². The highest BCUT2D eigenvalue weighted by Crippen LogP contribution is 2.16. The van der Waals surface area contributed by atoms with Crippen LogP contribution in [0.5, 0.6) is 0 Å². The Balaban J connectivity index is 2.28. The van der Waals surface area contributed by atoms with E-state index in [9.17, 15) is 4.79 Å². The van der Waals surface area contributed by atoms with Gasteiger partial charge < -0.3 is 15.4 Å². The molecule has 5 heteroatoms. The number of carbonyl (C=O) groups excluding carboxylic acids is 1. The molecule has 1 unspecified atom stereocenters. The predicted octanol–water partition coefficient (Wildman–Crippen LogP) is 3.13. The van der Waals surface area contributed by atoms with E-state index in [1.54, 1.807) is 0 Å². The number of amides is 2. The molecule has 0 aliphatic heterocycles. The maximum absolute atomic E-state index is 11.6. The number of hydrogen-bond donors (Lipinski definition) is 2. The van der Waals surface area contributed by atoms with Gasteiger partial charge in [-0.15, -0.1) is 0 Å². The summed E-state index contributed by atoms with van der Waals surface area (Å²) in [7, 11) is 0. The van der Waals surface area contributed by atoms with Gasteiger partial charge in [0.15, 0.2) is 0 Å². The molecule has 19 heavy (non-hydrogen) atoms. The number of rotatable bonds is 7. The van der Waals surface area contributed by atoms with Gasteiger partial charge in [0.25, 0.3) is 0 Å². The molecule has 0 aliphatic carbocycles. The zero-order valence-electron chi connectivity index (χ0n) is 11.4. The van der Waals surface area contributed by atoms with Gasteiger partial charge >= 0.3 is 6.03 Å². The van der Waals surface area contributed by atoms with Gasteiger partial charge in [-0.3, -0.25) is 0 Å². The van der Waals surface area contributed by atoms with Gasteiger partial charge in [-0.2, -0.15) is 0 Å². The standard InChI is InChI=1S/C14H21ClN2O2/c1-3-19-9-5-8-16-14(18)17-11(2)12-6-4-7-13(15)10-12/h4,6-7,10-11H,3,5,8-9H2,1-2H3,(H2,16,17,18). The second kappa shape index (κ2) is 8.77. The average Bonchev–Trinajstić information content (AvgIpc) is 2.38. The molecule has 0 aromatic heterocycles. The fourth-order valence-corrected chi connectivity index (χ4v) is 1.83. The van der Waals surface area contributed by atoms with Crippen LogP contribution in [0.4, 0.5) is 4.79 Å². The Kier molecular flexibility index (Phi) is 7.30. The van der Waals surface area contributed by atoms with Crippen LogP contribution < -0.4 is 10.6 Å². The third-order valence-electron chi connectivity index (χ3n) is 2.65. The van der Waals surface area contributed by atoms with Gasteiger partial charge in [-0.25, -0.2) is 4.79 Å². The first-order chi connectivity index (χ1) is 9.13. The molecule has 0 bridgehead atoms.